The molecule has 0 aliphatic rings. The lowest BCUT2D eigenvalue weighted by molar-refractivity contribution is -0.122. The van der Waals surface area contributed by atoms with E-state index >= 15 is 0 Å². The third-order valence-electron chi connectivity index (χ3n) is 1.62. The van der Waals surface area contributed by atoms with Gasteiger partial charge in [0.25, 0.3) is 0 Å². The molecule has 1 atom stereocenters. The molecular weight excluding hydrogens is 128 g/mol. The summed E-state index contributed by atoms with van der Waals surface area (Å²) in [6.07, 6.45) is 2.66. The highest BCUT2D eigenvalue weighted by Gasteiger charge is 2.08. The average Bonchev–Trinajstić information content (AvgIpc) is 1.98. The van der Waals surface area contributed by atoms with Gasteiger partial charge in [0.1, 0.15) is 12.1 Å². The predicted molar refractivity (Wildman–Crippen MR) is 39.8 cm³/mol. The number of Topliss-reactive ketones (excluding diaryl/α,β-unsaturated/α-hetero) is 1. The minimum absolute atomic E-state index is 0.0650. The summed E-state index contributed by atoms with van der Waals surface area (Å²) in [6.45, 7) is 3.72. The van der Waals surface area contributed by atoms with E-state index in [1.165, 1.54) is 0 Å². The van der Waals surface area contributed by atoms with Gasteiger partial charge in [0.2, 0.25) is 0 Å². The molecule has 0 aromatic heterocycles. The maximum absolute atomic E-state index is 10.9. The molecule has 0 aromatic rings. The van der Waals surface area contributed by atoms with E-state index in [4.69, 9.17) is 0 Å². The van der Waals surface area contributed by atoms with Crippen LogP contribution in [0.3, 0.4) is 0 Å². The van der Waals surface area contributed by atoms with E-state index in [2.05, 4.69) is 0 Å². The van der Waals surface area contributed by atoms with Gasteiger partial charge in [0, 0.05) is 18.8 Å². The van der Waals surface area contributed by atoms with Gasteiger partial charge in [0.15, 0.2) is 0 Å². The fourth-order valence-electron chi connectivity index (χ4n) is 0.827. The van der Waals surface area contributed by atoms with Gasteiger partial charge >= 0.3 is 0 Å². The van der Waals surface area contributed by atoms with E-state index in [1.54, 1.807) is 0 Å². The van der Waals surface area contributed by atoms with Crippen LogP contribution < -0.4 is 0 Å². The maximum Gasteiger partial charge on any atom is 0.135 e. The number of rotatable bonds is 5. The SMILES string of the molecule is CCC(=O)C(C)CCC=O. The van der Waals surface area contributed by atoms with E-state index in [-0.39, 0.29) is 11.7 Å². The summed E-state index contributed by atoms with van der Waals surface area (Å²) < 4.78 is 0. The molecule has 1 unspecified atom stereocenters. The molecule has 0 heterocycles. The third-order valence-corrected chi connectivity index (χ3v) is 1.62. The Morgan fingerprint density at radius 2 is 2.20 bits per heavy atom. The minimum atomic E-state index is 0.0650. The van der Waals surface area contributed by atoms with Crippen molar-refractivity contribution in [2.75, 3.05) is 0 Å². The van der Waals surface area contributed by atoms with Gasteiger partial charge in [-0.25, -0.2) is 0 Å². The van der Waals surface area contributed by atoms with Crippen LogP contribution in [0.2, 0.25) is 0 Å². The second kappa shape index (κ2) is 5.15. The molecule has 0 N–H and O–H groups in total. The zero-order valence-electron chi connectivity index (χ0n) is 6.59. The van der Waals surface area contributed by atoms with Crippen LogP contribution in [0.4, 0.5) is 0 Å². The first-order valence-corrected chi connectivity index (χ1v) is 3.68. The molecule has 2 heteroatoms. The molecule has 58 valence electrons. The van der Waals surface area contributed by atoms with Gasteiger partial charge in [0.05, 0.1) is 0 Å². The first-order chi connectivity index (χ1) is 4.72. The average molecular weight is 142 g/mol. The van der Waals surface area contributed by atoms with Gasteiger partial charge in [-0.05, 0) is 6.42 Å². The van der Waals surface area contributed by atoms with E-state index in [9.17, 15) is 9.59 Å². The van der Waals surface area contributed by atoms with Crippen LogP contribution in [0.5, 0.6) is 0 Å². The van der Waals surface area contributed by atoms with Gasteiger partial charge in [-0.3, -0.25) is 4.79 Å². The summed E-state index contributed by atoms with van der Waals surface area (Å²) >= 11 is 0. The monoisotopic (exact) mass is 142 g/mol. The van der Waals surface area contributed by atoms with Gasteiger partial charge < -0.3 is 4.79 Å². The molecule has 0 aliphatic heterocycles. The highest BCUT2D eigenvalue weighted by molar-refractivity contribution is 5.80. The highest BCUT2D eigenvalue weighted by Crippen LogP contribution is 2.06. The lowest BCUT2D eigenvalue weighted by Gasteiger charge is -2.04. The molecule has 0 aliphatic carbocycles. The van der Waals surface area contributed by atoms with Crippen molar-refractivity contribution in [3.63, 3.8) is 0 Å². The summed E-state index contributed by atoms with van der Waals surface area (Å²) in [6, 6.07) is 0. The fraction of sp³-hybridized carbons (Fsp3) is 0.750. The van der Waals surface area contributed by atoms with E-state index in [1.807, 2.05) is 13.8 Å². The molecule has 0 rings (SSSR count). The summed E-state index contributed by atoms with van der Waals surface area (Å²) in [5.74, 6) is 0.317. The molecule has 0 saturated carbocycles. The molecule has 0 bridgehead atoms. The van der Waals surface area contributed by atoms with Gasteiger partial charge in [-0.15, -0.1) is 0 Å². The lowest BCUT2D eigenvalue weighted by atomic mass is 9.99. The Morgan fingerprint density at radius 1 is 1.60 bits per heavy atom. The number of carbonyl (C=O) groups is 2. The van der Waals surface area contributed by atoms with E-state index in [0.29, 0.717) is 19.3 Å². The Kier molecular flexibility index (Phi) is 4.81. The number of hydrogen-bond acceptors (Lipinski definition) is 2. The third kappa shape index (κ3) is 3.38. The molecule has 2 nitrogen and oxygen atoms in total. The Labute approximate surface area is 61.6 Å². The van der Waals surface area contributed by atoms with Crippen LogP contribution in [0.15, 0.2) is 0 Å². The van der Waals surface area contributed by atoms with Crippen LogP contribution in [0.25, 0.3) is 0 Å². The van der Waals surface area contributed by atoms with Crippen molar-refractivity contribution in [3.8, 4) is 0 Å². The Balaban J connectivity index is 3.50. The van der Waals surface area contributed by atoms with Crippen molar-refractivity contribution in [1.82, 2.24) is 0 Å². The molecule has 0 radical (unpaired) electrons. The summed E-state index contributed by atoms with van der Waals surface area (Å²) in [4.78, 5) is 20.8. The first-order valence-electron chi connectivity index (χ1n) is 3.68. The number of aldehydes is 1. The lowest BCUT2D eigenvalue weighted by Crippen LogP contribution is -2.08. The number of carbonyl (C=O) groups excluding carboxylic acids is 2. The van der Waals surface area contributed by atoms with Crippen molar-refractivity contribution < 1.29 is 9.59 Å². The van der Waals surface area contributed by atoms with Crippen molar-refractivity contribution in [2.24, 2.45) is 5.92 Å². The molecule has 0 aromatic carbocycles. The van der Waals surface area contributed by atoms with Crippen LogP contribution in [0.1, 0.15) is 33.1 Å². The minimum Gasteiger partial charge on any atom is -0.303 e. The highest BCUT2D eigenvalue weighted by atomic mass is 16.1. The largest absolute Gasteiger partial charge is 0.303 e. The quantitative estimate of drug-likeness (QED) is 0.546. The standard InChI is InChI=1S/C8H14O2/c1-3-8(10)7(2)5-4-6-9/h6-7H,3-5H2,1-2H3. The topological polar surface area (TPSA) is 34.1 Å². The van der Waals surface area contributed by atoms with Crippen LogP contribution in [-0.4, -0.2) is 12.1 Å². The smallest absolute Gasteiger partial charge is 0.135 e. The zero-order chi connectivity index (χ0) is 7.98. The zero-order valence-corrected chi connectivity index (χ0v) is 6.59. The van der Waals surface area contributed by atoms with E-state index in [0.717, 1.165) is 6.29 Å². The Bertz CT molecular complexity index is 118. The van der Waals surface area contributed by atoms with Crippen molar-refractivity contribution in [3.05, 3.63) is 0 Å². The molecule has 0 spiro atoms. The van der Waals surface area contributed by atoms with Crippen molar-refractivity contribution in [1.29, 1.82) is 0 Å². The van der Waals surface area contributed by atoms with Crippen molar-refractivity contribution >= 4 is 12.1 Å². The van der Waals surface area contributed by atoms with Crippen molar-refractivity contribution in [2.45, 2.75) is 33.1 Å². The van der Waals surface area contributed by atoms with Gasteiger partial charge in [-0.1, -0.05) is 13.8 Å². The summed E-state index contributed by atoms with van der Waals surface area (Å²) in [7, 11) is 0. The predicted octanol–water partition coefficient (Wildman–Crippen LogP) is 1.58. The molecular formula is C8H14O2. The summed E-state index contributed by atoms with van der Waals surface area (Å²) in [5, 5.41) is 0. The normalized spacial score (nSPS) is 12.6. The molecule has 0 saturated heterocycles. The second-order valence-electron chi connectivity index (χ2n) is 2.46. The second-order valence-corrected chi connectivity index (χ2v) is 2.46. The van der Waals surface area contributed by atoms with E-state index < -0.39 is 0 Å². The molecule has 0 fully saturated rings. The first kappa shape index (κ1) is 9.34. The van der Waals surface area contributed by atoms with Crippen LogP contribution in [0, 0.1) is 5.92 Å². The fourth-order valence-corrected chi connectivity index (χ4v) is 0.827. The van der Waals surface area contributed by atoms with Gasteiger partial charge in [-0.2, -0.15) is 0 Å². The summed E-state index contributed by atoms with van der Waals surface area (Å²) in [5.41, 5.74) is 0. The maximum atomic E-state index is 10.9. The number of ketones is 1. The number of hydrogen-bond donors (Lipinski definition) is 0. The molecule has 10 heavy (non-hydrogen) atoms. The van der Waals surface area contributed by atoms with Crippen LogP contribution >= 0.6 is 0 Å². The van der Waals surface area contributed by atoms with Crippen LogP contribution in [-0.2, 0) is 9.59 Å². The Morgan fingerprint density at radius 3 is 2.60 bits per heavy atom. The molecule has 0 amide bonds. The Hall–Kier alpha value is -0.660.